The summed E-state index contributed by atoms with van der Waals surface area (Å²) in [6.45, 7) is 17.8. The average molecular weight is 353 g/mol. The quantitative estimate of drug-likeness (QED) is 0.495. The number of hydrogen-bond acceptors (Lipinski definition) is 2. The maximum absolute atomic E-state index is 11.6. The molecule has 0 unspecified atom stereocenters. The Morgan fingerprint density at radius 3 is 1.68 bits per heavy atom. The second-order valence-corrected chi connectivity index (χ2v) is 12.5. The fraction of sp³-hybridized carbons (Fsp3) is 1.00. The van der Waals surface area contributed by atoms with Crippen molar-refractivity contribution in [1.29, 1.82) is 0 Å². The van der Waals surface area contributed by atoms with Gasteiger partial charge in [-0.2, -0.15) is 0 Å². The first kappa shape index (κ1) is 22.2. The molecule has 0 amide bonds. The van der Waals surface area contributed by atoms with E-state index in [4.69, 9.17) is 10.7 Å². The summed E-state index contributed by atoms with van der Waals surface area (Å²) in [6.07, 6.45) is 4.21. The van der Waals surface area contributed by atoms with Crippen LogP contribution in [0.25, 0.3) is 0 Å². The lowest BCUT2D eigenvalue weighted by Crippen LogP contribution is -2.25. The van der Waals surface area contributed by atoms with Crippen molar-refractivity contribution in [2.45, 2.75) is 81.1 Å². The molecule has 0 rings (SSSR count). The van der Waals surface area contributed by atoms with E-state index in [0.29, 0.717) is 17.3 Å². The molecule has 0 saturated heterocycles. The lowest BCUT2D eigenvalue weighted by atomic mass is 9.77. The Kier molecular flexibility index (Phi) is 8.46. The third-order valence-corrected chi connectivity index (χ3v) is 5.35. The van der Waals surface area contributed by atoms with Crippen molar-refractivity contribution in [2.75, 3.05) is 5.75 Å². The van der Waals surface area contributed by atoms with E-state index in [1.807, 2.05) is 0 Å². The van der Waals surface area contributed by atoms with Crippen LogP contribution in [0.4, 0.5) is 0 Å². The normalized spacial score (nSPS) is 18.0. The van der Waals surface area contributed by atoms with E-state index in [1.54, 1.807) is 0 Å². The first-order valence-corrected chi connectivity index (χ1v) is 11.0. The lowest BCUT2D eigenvalue weighted by molar-refractivity contribution is 0.223. The molecule has 0 saturated carbocycles. The van der Waals surface area contributed by atoms with Crippen LogP contribution < -0.4 is 0 Å². The summed E-state index contributed by atoms with van der Waals surface area (Å²) in [7, 11) is 2.10. The van der Waals surface area contributed by atoms with Crippen LogP contribution in [-0.2, 0) is 9.05 Å². The maximum Gasteiger partial charge on any atom is 0.232 e. The molecule has 0 fully saturated rings. The zero-order chi connectivity index (χ0) is 17.8. The summed E-state index contributed by atoms with van der Waals surface area (Å²) >= 11 is 0. The van der Waals surface area contributed by atoms with Crippen molar-refractivity contribution in [3.8, 4) is 0 Å². The molecule has 0 heterocycles. The first-order valence-electron chi connectivity index (χ1n) is 8.51. The molecule has 3 atom stereocenters. The minimum absolute atomic E-state index is 0.105. The number of rotatable bonds is 8. The summed E-state index contributed by atoms with van der Waals surface area (Å²) in [5.41, 5.74) is 0.537. The van der Waals surface area contributed by atoms with Gasteiger partial charge in [0.2, 0.25) is 9.05 Å². The van der Waals surface area contributed by atoms with Crippen LogP contribution in [0.5, 0.6) is 0 Å². The molecule has 0 aliphatic heterocycles. The summed E-state index contributed by atoms with van der Waals surface area (Å²) < 4.78 is 23.1. The molecule has 0 aromatic heterocycles. The van der Waals surface area contributed by atoms with Crippen molar-refractivity contribution in [3.63, 3.8) is 0 Å². The van der Waals surface area contributed by atoms with Gasteiger partial charge in [0, 0.05) is 10.7 Å². The molecule has 22 heavy (non-hydrogen) atoms. The standard InChI is InChI=1S/C18H37ClO2S/c1-14(11-17(3,4)5)9-10-16(13-22(19,20)21)15(2)12-18(6,7)8/h14-16H,9-13H2,1-8H3/t14-,15-,16+/m0/s1. The van der Waals surface area contributed by atoms with E-state index in [9.17, 15) is 8.42 Å². The Bertz CT molecular complexity index is 415. The zero-order valence-electron chi connectivity index (χ0n) is 15.9. The van der Waals surface area contributed by atoms with E-state index in [1.165, 1.54) is 6.42 Å². The molecule has 0 aliphatic rings. The fourth-order valence-corrected chi connectivity index (χ4v) is 5.06. The molecule has 2 nitrogen and oxygen atoms in total. The molecule has 134 valence electrons. The van der Waals surface area contributed by atoms with Gasteiger partial charge < -0.3 is 0 Å². The molecular formula is C18H37ClO2S. The van der Waals surface area contributed by atoms with Crippen LogP contribution in [-0.4, -0.2) is 14.2 Å². The van der Waals surface area contributed by atoms with Crippen LogP contribution in [0.3, 0.4) is 0 Å². The van der Waals surface area contributed by atoms with E-state index in [2.05, 4.69) is 55.4 Å². The minimum Gasteiger partial charge on any atom is -0.212 e. The van der Waals surface area contributed by atoms with Gasteiger partial charge in [-0.3, -0.25) is 0 Å². The van der Waals surface area contributed by atoms with Crippen LogP contribution in [0, 0.1) is 28.6 Å². The second-order valence-electron chi connectivity index (χ2n) is 9.65. The zero-order valence-corrected chi connectivity index (χ0v) is 17.4. The van der Waals surface area contributed by atoms with Crippen molar-refractivity contribution in [2.24, 2.45) is 28.6 Å². The predicted molar refractivity (Wildman–Crippen MR) is 98.8 cm³/mol. The van der Waals surface area contributed by atoms with Gasteiger partial charge >= 0.3 is 0 Å². The van der Waals surface area contributed by atoms with E-state index < -0.39 is 9.05 Å². The summed E-state index contributed by atoms with van der Waals surface area (Å²) in [5.74, 6) is 1.25. The number of halogens is 1. The third-order valence-electron chi connectivity index (χ3n) is 4.14. The van der Waals surface area contributed by atoms with Gasteiger partial charge in [0.05, 0.1) is 5.75 Å². The van der Waals surface area contributed by atoms with Crippen LogP contribution in [0.2, 0.25) is 0 Å². The van der Waals surface area contributed by atoms with Crippen molar-refractivity contribution in [3.05, 3.63) is 0 Å². The first-order chi connectivity index (χ1) is 9.59. The molecule has 0 bridgehead atoms. The van der Waals surface area contributed by atoms with Crippen molar-refractivity contribution in [1.82, 2.24) is 0 Å². The molecule has 0 N–H and O–H groups in total. The summed E-state index contributed by atoms with van der Waals surface area (Å²) in [6, 6.07) is 0. The lowest BCUT2D eigenvalue weighted by Gasteiger charge is -2.30. The molecule has 0 aromatic rings. The van der Waals surface area contributed by atoms with Gasteiger partial charge in [-0.05, 0) is 47.8 Å². The van der Waals surface area contributed by atoms with Gasteiger partial charge in [-0.1, -0.05) is 61.8 Å². The summed E-state index contributed by atoms with van der Waals surface area (Å²) in [5, 5.41) is 0. The molecule has 0 aliphatic carbocycles. The van der Waals surface area contributed by atoms with Gasteiger partial charge in [-0.15, -0.1) is 0 Å². The maximum atomic E-state index is 11.6. The Labute approximate surface area is 143 Å². The van der Waals surface area contributed by atoms with Crippen molar-refractivity contribution >= 4 is 19.7 Å². The molecule has 0 aromatic carbocycles. The minimum atomic E-state index is -3.43. The van der Waals surface area contributed by atoms with E-state index in [-0.39, 0.29) is 17.1 Å². The molecule has 0 spiro atoms. The Morgan fingerprint density at radius 1 is 0.864 bits per heavy atom. The van der Waals surface area contributed by atoms with Gasteiger partial charge in [0.15, 0.2) is 0 Å². The molecule has 4 heteroatoms. The SMILES string of the molecule is C[C@@H](CC[C@H](CS(=O)(=O)Cl)[C@@H](C)CC(C)(C)C)CC(C)(C)C. The highest BCUT2D eigenvalue weighted by molar-refractivity contribution is 8.13. The topological polar surface area (TPSA) is 34.1 Å². The highest BCUT2D eigenvalue weighted by Crippen LogP contribution is 2.34. The van der Waals surface area contributed by atoms with E-state index >= 15 is 0 Å². The largest absolute Gasteiger partial charge is 0.232 e. The van der Waals surface area contributed by atoms with E-state index in [0.717, 1.165) is 19.3 Å². The molecular weight excluding hydrogens is 316 g/mol. The second kappa shape index (κ2) is 8.37. The fourth-order valence-electron chi connectivity index (χ4n) is 3.57. The predicted octanol–water partition coefficient (Wildman–Crippen LogP) is 6.10. The Hall–Kier alpha value is 0.240. The molecule has 0 radical (unpaired) electrons. The van der Waals surface area contributed by atoms with Gasteiger partial charge in [0.1, 0.15) is 0 Å². The van der Waals surface area contributed by atoms with Crippen LogP contribution in [0.15, 0.2) is 0 Å². The smallest absolute Gasteiger partial charge is 0.212 e. The highest BCUT2D eigenvalue weighted by Gasteiger charge is 2.27. The van der Waals surface area contributed by atoms with Gasteiger partial charge in [0.25, 0.3) is 0 Å². The van der Waals surface area contributed by atoms with Gasteiger partial charge in [-0.25, -0.2) is 8.42 Å². The average Bonchev–Trinajstić information content (AvgIpc) is 2.17. The third kappa shape index (κ3) is 12.8. The number of hydrogen-bond donors (Lipinski definition) is 0. The highest BCUT2D eigenvalue weighted by atomic mass is 35.7. The summed E-state index contributed by atoms with van der Waals surface area (Å²) in [4.78, 5) is 0. The Balaban J connectivity index is 4.74. The van der Waals surface area contributed by atoms with Crippen LogP contribution in [0.1, 0.15) is 81.1 Å². The Morgan fingerprint density at radius 2 is 1.32 bits per heavy atom. The monoisotopic (exact) mass is 352 g/mol. The van der Waals surface area contributed by atoms with Crippen molar-refractivity contribution < 1.29 is 8.42 Å². The van der Waals surface area contributed by atoms with Crippen LogP contribution >= 0.6 is 10.7 Å².